The van der Waals surface area contributed by atoms with Gasteiger partial charge in [-0.2, -0.15) is 0 Å². The van der Waals surface area contributed by atoms with E-state index in [1.54, 1.807) is 0 Å². The summed E-state index contributed by atoms with van der Waals surface area (Å²) in [5.41, 5.74) is 1.12. The van der Waals surface area contributed by atoms with E-state index in [9.17, 15) is 8.78 Å². The largest absolute Gasteiger partial charge is 0.491 e. The lowest BCUT2D eigenvalue weighted by Gasteiger charge is -2.11. The fourth-order valence-electron chi connectivity index (χ4n) is 1.79. The van der Waals surface area contributed by atoms with Gasteiger partial charge in [-0.15, -0.1) is 0 Å². The first-order chi connectivity index (χ1) is 9.54. The van der Waals surface area contributed by atoms with Gasteiger partial charge in [0.15, 0.2) is 0 Å². The first-order valence-electron chi connectivity index (χ1n) is 6.49. The van der Waals surface area contributed by atoms with E-state index in [0.717, 1.165) is 29.5 Å². The number of hydrogen-bond donors (Lipinski definition) is 1. The summed E-state index contributed by atoms with van der Waals surface area (Å²) in [7, 11) is 0. The van der Waals surface area contributed by atoms with Gasteiger partial charge in [0.1, 0.15) is 17.4 Å². The Hall–Kier alpha value is -2.10. The van der Waals surface area contributed by atoms with Crippen LogP contribution < -0.4 is 10.1 Å². The molecule has 0 bridgehead atoms. The number of halogens is 2. The molecule has 1 N–H and O–H groups in total. The zero-order valence-electron chi connectivity index (χ0n) is 11.5. The topological polar surface area (TPSA) is 21.3 Å². The summed E-state index contributed by atoms with van der Waals surface area (Å²) in [5, 5.41) is 2.87. The summed E-state index contributed by atoms with van der Waals surface area (Å²) in [6.45, 7) is 4.34. The summed E-state index contributed by atoms with van der Waals surface area (Å²) >= 11 is 0. The highest BCUT2D eigenvalue weighted by atomic mass is 19.1. The van der Waals surface area contributed by atoms with Gasteiger partial charge in [0.05, 0.1) is 11.8 Å². The average Bonchev–Trinajstić information content (AvgIpc) is 2.41. The lowest BCUT2D eigenvalue weighted by atomic mass is 10.2. The van der Waals surface area contributed by atoms with Crippen LogP contribution in [0.5, 0.6) is 5.75 Å². The minimum absolute atomic E-state index is 0.125. The van der Waals surface area contributed by atoms with Gasteiger partial charge in [-0.25, -0.2) is 8.78 Å². The quantitative estimate of drug-likeness (QED) is 0.876. The fraction of sp³-hybridized carbons (Fsp3) is 0.250. The maximum Gasteiger partial charge on any atom is 0.146 e. The molecule has 0 fully saturated rings. The predicted octanol–water partition coefficient (Wildman–Crippen LogP) is 4.36. The monoisotopic (exact) mass is 277 g/mol. The van der Waals surface area contributed by atoms with Crippen molar-refractivity contribution < 1.29 is 13.5 Å². The van der Waals surface area contributed by atoms with E-state index in [4.69, 9.17) is 4.74 Å². The highest BCUT2D eigenvalue weighted by molar-refractivity contribution is 5.45. The highest BCUT2D eigenvalue weighted by Crippen LogP contribution is 2.18. The molecule has 2 rings (SSSR count). The van der Waals surface area contributed by atoms with E-state index in [1.807, 2.05) is 38.1 Å². The van der Waals surface area contributed by atoms with Gasteiger partial charge in [-0.05, 0) is 49.7 Å². The van der Waals surface area contributed by atoms with Gasteiger partial charge in [0.25, 0.3) is 0 Å². The zero-order valence-corrected chi connectivity index (χ0v) is 11.5. The molecule has 0 atom stereocenters. The number of hydrogen-bond acceptors (Lipinski definition) is 2. The van der Waals surface area contributed by atoms with E-state index in [2.05, 4.69) is 5.32 Å². The molecule has 106 valence electrons. The Kier molecular flexibility index (Phi) is 4.56. The smallest absolute Gasteiger partial charge is 0.146 e. The average molecular weight is 277 g/mol. The molecule has 0 amide bonds. The van der Waals surface area contributed by atoms with Crippen LogP contribution >= 0.6 is 0 Å². The van der Waals surface area contributed by atoms with Crippen molar-refractivity contribution in [3.63, 3.8) is 0 Å². The van der Waals surface area contributed by atoms with Crippen molar-refractivity contribution in [1.82, 2.24) is 0 Å². The standard InChI is InChI=1S/C16H17F2NO/c1-11(2)20-14-6-3-12(4-7-14)10-19-16-9-13(17)5-8-15(16)18/h3-9,11,19H,10H2,1-2H3. The molecule has 0 aliphatic carbocycles. The predicted molar refractivity (Wildman–Crippen MR) is 75.9 cm³/mol. The van der Waals surface area contributed by atoms with Crippen molar-refractivity contribution in [2.45, 2.75) is 26.5 Å². The van der Waals surface area contributed by atoms with Crippen molar-refractivity contribution in [3.05, 3.63) is 59.7 Å². The van der Waals surface area contributed by atoms with Crippen molar-refractivity contribution in [2.75, 3.05) is 5.32 Å². The Bertz CT molecular complexity index is 567. The summed E-state index contributed by atoms with van der Waals surface area (Å²) in [5.74, 6) is -0.138. The van der Waals surface area contributed by atoms with Gasteiger partial charge in [0.2, 0.25) is 0 Å². The Labute approximate surface area is 117 Å². The van der Waals surface area contributed by atoms with E-state index < -0.39 is 11.6 Å². The second-order valence-corrected chi connectivity index (χ2v) is 4.79. The maximum atomic E-state index is 13.4. The molecule has 0 unspecified atom stereocenters. The molecular weight excluding hydrogens is 260 g/mol. The second-order valence-electron chi connectivity index (χ2n) is 4.79. The minimum atomic E-state index is -0.467. The molecule has 0 aromatic heterocycles. The molecular formula is C16H17F2NO. The third-order valence-corrected chi connectivity index (χ3v) is 2.71. The number of rotatable bonds is 5. The Morgan fingerprint density at radius 3 is 2.40 bits per heavy atom. The normalized spacial score (nSPS) is 10.7. The van der Waals surface area contributed by atoms with Crippen molar-refractivity contribution in [1.29, 1.82) is 0 Å². The van der Waals surface area contributed by atoms with Gasteiger partial charge >= 0.3 is 0 Å². The second kappa shape index (κ2) is 6.37. The molecule has 0 radical (unpaired) electrons. The molecule has 4 heteroatoms. The Morgan fingerprint density at radius 2 is 1.75 bits per heavy atom. The Balaban J connectivity index is 1.98. The van der Waals surface area contributed by atoms with Crippen LogP contribution in [-0.2, 0) is 6.54 Å². The van der Waals surface area contributed by atoms with Crippen LogP contribution in [0.4, 0.5) is 14.5 Å². The number of ether oxygens (including phenoxy) is 1. The fourth-order valence-corrected chi connectivity index (χ4v) is 1.79. The lowest BCUT2D eigenvalue weighted by molar-refractivity contribution is 0.242. The van der Waals surface area contributed by atoms with Gasteiger partial charge < -0.3 is 10.1 Å². The summed E-state index contributed by atoms with van der Waals surface area (Å²) in [4.78, 5) is 0. The highest BCUT2D eigenvalue weighted by Gasteiger charge is 2.04. The molecule has 0 heterocycles. The summed E-state index contributed by atoms with van der Waals surface area (Å²) in [6, 6.07) is 10.9. The lowest BCUT2D eigenvalue weighted by Crippen LogP contribution is -2.06. The number of benzene rings is 2. The Morgan fingerprint density at radius 1 is 1.05 bits per heavy atom. The maximum absolute atomic E-state index is 13.4. The van der Waals surface area contributed by atoms with Crippen LogP contribution in [0.15, 0.2) is 42.5 Å². The zero-order chi connectivity index (χ0) is 14.5. The molecule has 0 saturated heterocycles. The molecule has 20 heavy (non-hydrogen) atoms. The molecule has 2 aromatic rings. The van der Waals surface area contributed by atoms with Crippen LogP contribution in [0.2, 0.25) is 0 Å². The SMILES string of the molecule is CC(C)Oc1ccc(CNc2cc(F)ccc2F)cc1. The number of nitrogens with one attached hydrogen (secondary N) is 1. The third kappa shape index (κ3) is 3.95. The van der Waals surface area contributed by atoms with E-state index >= 15 is 0 Å². The van der Waals surface area contributed by atoms with Gasteiger partial charge in [0, 0.05) is 6.54 Å². The van der Waals surface area contributed by atoms with Crippen LogP contribution in [-0.4, -0.2) is 6.10 Å². The molecule has 2 aromatic carbocycles. The summed E-state index contributed by atoms with van der Waals surface area (Å²) in [6.07, 6.45) is 0.125. The van der Waals surface area contributed by atoms with Gasteiger partial charge in [-0.3, -0.25) is 0 Å². The van der Waals surface area contributed by atoms with Crippen molar-refractivity contribution in [3.8, 4) is 5.75 Å². The van der Waals surface area contributed by atoms with E-state index in [1.165, 1.54) is 0 Å². The molecule has 0 aliphatic heterocycles. The molecule has 0 aliphatic rings. The minimum Gasteiger partial charge on any atom is -0.491 e. The van der Waals surface area contributed by atoms with Crippen LogP contribution in [0.1, 0.15) is 19.4 Å². The van der Waals surface area contributed by atoms with Crippen LogP contribution in [0, 0.1) is 11.6 Å². The summed E-state index contributed by atoms with van der Waals surface area (Å²) < 4.78 is 32.0. The van der Waals surface area contributed by atoms with Crippen molar-refractivity contribution in [2.24, 2.45) is 0 Å². The first-order valence-corrected chi connectivity index (χ1v) is 6.49. The molecule has 0 spiro atoms. The van der Waals surface area contributed by atoms with E-state index in [-0.39, 0.29) is 11.8 Å². The van der Waals surface area contributed by atoms with Crippen LogP contribution in [0.3, 0.4) is 0 Å². The first kappa shape index (κ1) is 14.3. The molecule has 0 saturated carbocycles. The molecule has 2 nitrogen and oxygen atoms in total. The number of anilines is 1. The third-order valence-electron chi connectivity index (χ3n) is 2.71. The van der Waals surface area contributed by atoms with Crippen LogP contribution in [0.25, 0.3) is 0 Å². The van der Waals surface area contributed by atoms with Crippen molar-refractivity contribution >= 4 is 5.69 Å². The van der Waals surface area contributed by atoms with Gasteiger partial charge in [-0.1, -0.05) is 12.1 Å². The van der Waals surface area contributed by atoms with E-state index in [0.29, 0.717) is 6.54 Å².